The normalized spacial score (nSPS) is 10.8. The van der Waals surface area contributed by atoms with Crippen molar-refractivity contribution in [2.45, 2.75) is 46.1 Å². The summed E-state index contributed by atoms with van der Waals surface area (Å²) in [5, 5.41) is 11.2. The van der Waals surface area contributed by atoms with Gasteiger partial charge in [-0.25, -0.2) is 0 Å². The van der Waals surface area contributed by atoms with Gasteiger partial charge in [-0.15, -0.1) is 0 Å². The number of aromatic nitrogens is 2. The zero-order valence-electron chi connectivity index (χ0n) is 10.5. The van der Waals surface area contributed by atoms with E-state index in [9.17, 15) is 9.59 Å². The number of unbranched alkanes of at least 4 members (excludes halogenated alkanes) is 3. The van der Waals surface area contributed by atoms with Gasteiger partial charge in [0.25, 0.3) is 11.1 Å². The van der Waals surface area contributed by atoms with E-state index in [0.717, 1.165) is 25.7 Å². The highest BCUT2D eigenvalue weighted by Gasteiger charge is 2.06. The average molecular weight is 240 g/mol. The number of aliphatic hydroxyl groups excluding tert-OH is 1. The summed E-state index contributed by atoms with van der Waals surface area (Å²) in [5.74, 6) is 0. The lowest BCUT2D eigenvalue weighted by atomic mass is 10.2. The Balaban J connectivity index is 2.67. The molecule has 1 aromatic heterocycles. The zero-order valence-corrected chi connectivity index (χ0v) is 10.5. The summed E-state index contributed by atoms with van der Waals surface area (Å²) >= 11 is 0. The molecule has 17 heavy (non-hydrogen) atoms. The SMILES string of the molecule is Cc1c(C)c(=O)n(CCCCCCO)[nH]c1=O. The van der Waals surface area contributed by atoms with Gasteiger partial charge in [-0.1, -0.05) is 12.8 Å². The Morgan fingerprint density at radius 3 is 2.35 bits per heavy atom. The van der Waals surface area contributed by atoms with Crippen molar-refractivity contribution in [3.8, 4) is 0 Å². The standard InChI is InChI=1S/C12H20N2O3/c1-9-10(2)12(17)14(13-11(9)16)7-5-3-4-6-8-15/h15H,3-8H2,1-2H3,(H,13,16). The van der Waals surface area contributed by atoms with Crippen LogP contribution in [0.1, 0.15) is 36.8 Å². The van der Waals surface area contributed by atoms with E-state index in [1.54, 1.807) is 13.8 Å². The van der Waals surface area contributed by atoms with Crippen molar-refractivity contribution in [2.24, 2.45) is 0 Å². The molecule has 1 rings (SSSR count). The number of nitrogens with zero attached hydrogens (tertiary/aromatic N) is 1. The van der Waals surface area contributed by atoms with Gasteiger partial charge in [0.2, 0.25) is 0 Å². The predicted molar refractivity (Wildman–Crippen MR) is 66.4 cm³/mol. The molecule has 0 radical (unpaired) electrons. The second-order valence-corrected chi connectivity index (χ2v) is 4.29. The van der Waals surface area contributed by atoms with Crippen LogP contribution in [0.2, 0.25) is 0 Å². The van der Waals surface area contributed by atoms with E-state index in [2.05, 4.69) is 5.10 Å². The molecule has 0 amide bonds. The van der Waals surface area contributed by atoms with Gasteiger partial charge in [0.05, 0.1) is 0 Å². The first-order valence-corrected chi connectivity index (χ1v) is 5.99. The molecule has 0 fully saturated rings. The fraction of sp³-hybridized carbons (Fsp3) is 0.667. The first-order valence-electron chi connectivity index (χ1n) is 5.99. The van der Waals surface area contributed by atoms with Gasteiger partial charge in [0.15, 0.2) is 0 Å². The first kappa shape index (κ1) is 13.7. The third-order valence-corrected chi connectivity index (χ3v) is 3.00. The maximum absolute atomic E-state index is 11.8. The molecular weight excluding hydrogens is 220 g/mol. The lowest BCUT2D eigenvalue weighted by Crippen LogP contribution is -2.33. The average Bonchev–Trinajstić information content (AvgIpc) is 2.32. The van der Waals surface area contributed by atoms with Gasteiger partial charge in [0, 0.05) is 24.3 Å². The molecule has 0 unspecified atom stereocenters. The van der Waals surface area contributed by atoms with Crippen molar-refractivity contribution < 1.29 is 5.11 Å². The summed E-state index contributed by atoms with van der Waals surface area (Å²) in [7, 11) is 0. The Labute approximate surface area is 100 Å². The number of nitrogens with one attached hydrogen (secondary N) is 1. The van der Waals surface area contributed by atoms with E-state index in [0.29, 0.717) is 17.7 Å². The third kappa shape index (κ3) is 3.56. The molecule has 0 saturated carbocycles. The molecule has 5 heteroatoms. The number of aryl methyl sites for hydroxylation is 1. The van der Waals surface area contributed by atoms with Crippen molar-refractivity contribution in [2.75, 3.05) is 6.61 Å². The molecule has 0 aliphatic rings. The van der Waals surface area contributed by atoms with Crippen LogP contribution in [0.5, 0.6) is 0 Å². The Morgan fingerprint density at radius 1 is 1.06 bits per heavy atom. The molecule has 0 bridgehead atoms. The van der Waals surface area contributed by atoms with Crippen LogP contribution in [0.15, 0.2) is 9.59 Å². The van der Waals surface area contributed by atoms with Crippen LogP contribution in [0.3, 0.4) is 0 Å². The molecule has 2 N–H and O–H groups in total. The van der Waals surface area contributed by atoms with E-state index >= 15 is 0 Å². The van der Waals surface area contributed by atoms with E-state index < -0.39 is 0 Å². The molecule has 96 valence electrons. The molecule has 1 heterocycles. The summed E-state index contributed by atoms with van der Waals surface area (Å²) < 4.78 is 1.38. The number of hydrogen-bond acceptors (Lipinski definition) is 3. The summed E-state index contributed by atoms with van der Waals surface area (Å²) in [6, 6.07) is 0. The van der Waals surface area contributed by atoms with Crippen LogP contribution in [-0.4, -0.2) is 21.5 Å². The van der Waals surface area contributed by atoms with Gasteiger partial charge >= 0.3 is 0 Å². The van der Waals surface area contributed by atoms with Crippen molar-refractivity contribution in [3.63, 3.8) is 0 Å². The second-order valence-electron chi connectivity index (χ2n) is 4.29. The van der Waals surface area contributed by atoms with Gasteiger partial charge in [-0.3, -0.25) is 19.4 Å². The van der Waals surface area contributed by atoms with Crippen LogP contribution in [0.25, 0.3) is 0 Å². The minimum absolute atomic E-state index is 0.121. The number of H-pyrrole nitrogens is 1. The summed E-state index contributed by atoms with van der Waals surface area (Å²) in [6.45, 7) is 4.07. The number of aliphatic hydroxyl groups is 1. The van der Waals surface area contributed by atoms with Crippen LogP contribution in [-0.2, 0) is 6.54 Å². The quantitative estimate of drug-likeness (QED) is 0.719. The Bertz CT molecular complexity index is 474. The summed E-state index contributed by atoms with van der Waals surface area (Å²) in [6.07, 6.45) is 3.51. The smallest absolute Gasteiger partial charge is 0.268 e. The van der Waals surface area contributed by atoms with Crippen molar-refractivity contribution in [3.05, 3.63) is 31.8 Å². The fourth-order valence-electron chi connectivity index (χ4n) is 1.68. The van der Waals surface area contributed by atoms with E-state index in [1.807, 2.05) is 0 Å². The summed E-state index contributed by atoms with van der Waals surface area (Å²) in [4.78, 5) is 23.3. The lowest BCUT2D eigenvalue weighted by molar-refractivity contribution is 0.282. The van der Waals surface area contributed by atoms with E-state index in [-0.39, 0.29) is 17.7 Å². The van der Waals surface area contributed by atoms with Crippen molar-refractivity contribution in [1.29, 1.82) is 0 Å². The topological polar surface area (TPSA) is 75.1 Å². The van der Waals surface area contributed by atoms with Crippen LogP contribution in [0.4, 0.5) is 0 Å². The van der Waals surface area contributed by atoms with Crippen LogP contribution < -0.4 is 11.1 Å². The molecule has 0 saturated heterocycles. The zero-order chi connectivity index (χ0) is 12.8. The highest BCUT2D eigenvalue weighted by Crippen LogP contribution is 2.00. The molecule has 1 aromatic rings. The second kappa shape index (κ2) is 6.39. The lowest BCUT2D eigenvalue weighted by Gasteiger charge is -2.07. The largest absolute Gasteiger partial charge is 0.396 e. The Hall–Kier alpha value is -1.36. The van der Waals surface area contributed by atoms with E-state index in [4.69, 9.17) is 5.11 Å². The highest BCUT2D eigenvalue weighted by molar-refractivity contribution is 5.17. The molecule has 0 aliphatic heterocycles. The number of rotatable bonds is 6. The predicted octanol–water partition coefficient (Wildman–Crippen LogP) is 0.706. The minimum atomic E-state index is -0.197. The van der Waals surface area contributed by atoms with Crippen LogP contribution in [0, 0.1) is 13.8 Å². The molecule has 0 aliphatic carbocycles. The number of aromatic amines is 1. The van der Waals surface area contributed by atoms with Gasteiger partial charge in [-0.05, 0) is 26.7 Å². The first-order chi connectivity index (χ1) is 8.07. The third-order valence-electron chi connectivity index (χ3n) is 3.00. The van der Waals surface area contributed by atoms with Crippen molar-refractivity contribution in [1.82, 2.24) is 9.78 Å². The van der Waals surface area contributed by atoms with Gasteiger partial charge in [0.1, 0.15) is 0 Å². The minimum Gasteiger partial charge on any atom is -0.396 e. The maximum Gasteiger partial charge on any atom is 0.268 e. The van der Waals surface area contributed by atoms with Crippen molar-refractivity contribution >= 4 is 0 Å². The molecule has 0 atom stereocenters. The van der Waals surface area contributed by atoms with E-state index in [1.165, 1.54) is 4.68 Å². The monoisotopic (exact) mass is 240 g/mol. The molecule has 0 spiro atoms. The Kier molecular flexibility index (Phi) is 5.15. The van der Waals surface area contributed by atoms with Gasteiger partial charge in [-0.2, -0.15) is 0 Å². The molecular formula is C12H20N2O3. The maximum atomic E-state index is 11.8. The fourth-order valence-corrected chi connectivity index (χ4v) is 1.68. The van der Waals surface area contributed by atoms with Gasteiger partial charge < -0.3 is 5.11 Å². The summed E-state index contributed by atoms with van der Waals surface area (Å²) in [5.41, 5.74) is 0.692. The van der Waals surface area contributed by atoms with Crippen LogP contribution >= 0.6 is 0 Å². The number of hydrogen-bond donors (Lipinski definition) is 2. The molecule has 0 aromatic carbocycles. The Morgan fingerprint density at radius 2 is 1.71 bits per heavy atom. The highest BCUT2D eigenvalue weighted by atomic mass is 16.2. The molecule has 5 nitrogen and oxygen atoms in total.